The largest absolute Gasteiger partial charge is 0.497 e. The van der Waals surface area contributed by atoms with Crippen molar-refractivity contribution >= 4 is 15.9 Å². The van der Waals surface area contributed by atoms with Crippen LogP contribution in [0.1, 0.15) is 27.7 Å². The Morgan fingerprint density at radius 3 is 2.00 bits per heavy atom. The number of methoxy groups -OCH3 is 1. The van der Waals surface area contributed by atoms with Crippen molar-refractivity contribution in [3.8, 4) is 5.75 Å². The molecule has 1 amide bonds. The molecule has 2 rings (SSSR count). The zero-order chi connectivity index (χ0) is 20.2. The minimum atomic E-state index is -3.53. The molecule has 27 heavy (non-hydrogen) atoms. The Hall–Kier alpha value is -1.64. The molecule has 1 heterocycles. The highest BCUT2D eigenvalue weighted by molar-refractivity contribution is 7.89. The van der Waals surface area contributed by atoms with Crippen LogP contribution in [0.25, 0.3) is 0 Å². The molecule has 1 fully saturated rings. The van der Waals surface area contributed by atoms with Crippen molar-refractivity contribution in [1.29, 1.82) is 0 Å². The zero-order valence-electron chi connectivity index (χ0n) is 16.9. The van der Waals surface area contributed by atoms with Gasteiger partial charge in [-0.15, -0.1) is 0 Å². The summed E-state index contributed by atoms with van der Waals surface area (Å²) in [5.41, 5.74) is 0. The number of carbonyl (C=O) groups excluding carboxylic acids is 1. The first kappa shape index (κ1) is 21.7. The van der Waals surface area contributed by atoms with Crippen LogP contribution in [-0.4, -0.2) is 80.3 Å². The molecule has 0 radical (unpaired) electrons. The second kappa shape index (κ2) is 9.03. The number of sulfonamides is 1. The van der Waals surface area contributed by atoms with Gasteiger partial charge in [0.05, 0.1) is 18.6 Å². The van der Waals surface area contributed by atoms with Crippen LogP contribution >= 0.6 is 0 Å². The van der Waals surface area contributed by atoms with Gasteiger partial charge in [-0.25, -0.2) is 8.42 Å². The smallest absolute Gasteiger partial charge is 0.243 e. The van der Waals surface area contributed by atoms with E-state index in [9.17, 15) is 13.2 Å². The van der Waals surface area contributed by atoms with Crippen LogP contribution in [0.5, 0.6) is 5.75 Å². The van der Waals surface area contributed by atoms with Gasteiger partial charge in [-0.2, -0.15) is 4.31 Å². The Balaban J connectivity index is 1.96. The van der Waals surface area contributed by atoms with Crippen molar-refractivity contribution in [1.82, 2.24) is 14.1 Å². The van der Waals surface area contributed by atoms with Crippen LogP contribution in [0.15, 0.2) is 29.2 Å². The molecular weight excluding hydrogens is 366 g/mol. The number of hydrogen-bond donors (Lipinski definition) is 0. The monoisotopic (exact) mass is 397 g/mol. The lowest BCUT2D eigenvalue weighted by atomic mass is 10.2. The Bertz CT molecular complexity index is 716. The number of piperazine rings is 1. The minimum absolute atomic E-state index is 0.0893. The van der Waals surface area contributed by atoms with E-state index < -0.39 is 10.0 Å². The molecular formula is C19H31N3O4S. The van der Waals surface area contributed by atoms with Gasteiger partial charge in [-0.1, -0.05) is 0 Å². The van der Waals surface area contributed by atoms with Gasteiger partial charge in [0.1, 0.15) is 5.75 Å². The second-order valence-electron chi connectivity index (χ2n) is 7.34. The van der Waals surface area contributed by atoms with Crippen molar-refractivity contribution in [2.24, 2.45) is 0 Å². The molecule has 8 heteroatoms. The van der Waals surface area contributed by atoms with E-state index >= 15 is 0 Å². The molecule has 0 atom stereocenters. The van der Waals surface area contributed by atoms with E-state index in [2.05, 4.69) is 0 Å². The molecule has 0 bridgehead atoms. The highest BCUT2D eigenvalue weighted by atomic mass is 32.2. The number of carbonyl (C=O) groups is 1. The molecule has 0 aromatic heterocycles. The third-order valence-electron chi connectivity index (χ3n) is 4.79. The summed E-state index contributed by atoms with van der Waals surface area (Å²) < 4.78 is 32.2. The van der Waals surface area contributed by atoms with E-state index in [1.807, 2.05) is 37.5 Å². The highest BCUT2D eigenvalue weighted by Gasteiger charge is 2.30. The van der Waals surface area contributed by atoms with Gasteiger partial charge in [-0.05, 0) is 52.0 Å². The summed E-state index contributed by atoms with van der Waals surface area (Å²) in [5.74, 6) is 0.712. The number of amides is 1. The van der Waals surface area contributed by atoms with Gasteiger partial charge in [0.15, 0.2) is 0 Å². The molecule has 0 spiro atoms. The SMILES string of the molecule is COc1ccc(S(=O)(=O)N2CCN(CC(=O)N(C(C)C)C(C)C)CC2)cc1. The average molecular weight is 398 g/mol. The first-order chi connectivity index (χ1) is 12.7. The van der Waals surface area contributed by atoms with Gasteiger partial charge >= 0.3 is 0 Å². The number of benzene rings is 1. The predicted molar refractivity (Wildman–Crippen MR) is 105 cm³/mol. The van der Waals surface area contributed by atoms with E-state index in [1.54, 1.807) is 31.4 Å². The average Bonchev–Trinajstić information content (AvgIpc) is 2.61. The number of ether oxygens (including phenoxy) is 1. The van der Waals surface area contributed by atoms with Crippen LogP contribution < -0.4 is 4.74 Å². The molecule has 1 aromatic carbocycles. The van der Waals surface area contributed by atoms with Gasteiger partial charge in [-0.3, -0.25) is 9.69 Å². The maximum atomic E-state index is 12.8. The molecule has 1 aliphatic rings. The maximum Gasteiger partial charge on any atom is 0.243 e. The predicted octanol–water partition coefficient (Wildman–Crippen LogP) is 1.65. The van der Waals surface area contributed by atoms with E-state index in [4.69, 9.17) is 4.74 Å². The molecule has 0 aliphatic carbocycles. The number of rotatable bonds is 7. The standard InChI is InChI=1S/C19H31N3O4S/c1-15(2)22(16(3)4)19(23)14-20-10-12-21(13-11-20)27(24,25)18-8-6-17(26-5)7-9-18/h6-9,15-16H,10-14H2,1-5H3. The summed E-state index contributed by atoms with van der Waals surface area (Å²) in [5, 5.41) is 0. The van der Waals surface area contributed by atoms with Crippen LogP contribution in [0.4, 0.5) is 0 Å². The Morgan fingerprint density at radius 2 is 1.56 bits per heavy atom. The van der Waals surface area contributed by atoms with Crippen molar-refractivity contribution in [2.75, 3.05) is 39.8 Å². The van der Waals surface area contributed by atoms with Gasteiger partial charge < -0.3 is 9.64 Å². The summed E-state index contributed by atoms with van der Waals surface area (Å²) in [6, 6.07) is 6.71. The Labute approximate surface area is 162 Å². The van der Waals surface area contributed by atoms with Gasteiger partial charge in [0, 0.05) is 38.3 Å². The van der Waals surface area contributed by atoms with Crippen molar-refractivity contribution in [3.05, 3.63) is 24.3 Å². The fourth-order valence-electron chi connectivity index (χ4n) is 3.47. The quantitative estimate of drug-likeness (QED) is 0.700. The summed E-state index contributed by atoms with van der Waals surface area (Å²) >= 11 is 0. The van der Waals surface area contributed by atoms with Crippen LogP contribution in [0.3, 0.4) is 0 Å². The first-order valence-electron chi connectivity index (χ1n) is 9.34. The second-order valence-corrected chi connectivity index (χ2v) is 9.28. The first-order valence-corrected chi connectivity index (χ1v) is 10.8. The third kappa shape index (κ3) is 5.21. The van der Waals surface area contributed by atoms with E-state index in [1.165, 1.54) is 4.31 Å². The number of nitrogens with zero attached hydrogens (tertiary/aromatic N) is 3. The lowest BCUT2D eigenvalue weighted by Crippen LogP contribution is -2.53. The third-order valence-corrected chi connectivity index (χ3v) is 6.70. The van der Waals surface area contributed by atoms with Crippen LogP contribution in [-0.2, 0) is 14.8 Å². The van der Waals surface area contributed by atoms with E-state index in [-0.39, 0.29) is 22.9 Å². The normalized spacial score (nSPS) is 16.7. The topological polar surface area (TPSA) is 70.2 Å². The number of hydrogen-bond acceptors (Lipinski definition) is 5. The molecule has 0 N–H and O–H groups in total. The summed E-state index contributed by atoms with van der Waals surface area (Å²) in [6.45, 7) is 10.2. The summed E-state index contributed by atoms with van der Waals surface area (Å²) in [6.07, 6.45) is 0. The fraction of sp³-hybridized carbons (Fsp3) is 0.632. The molecule has 1 saturated heterocycles. The molecule has 1 aliphatic heterocycles. The molecule has 0 unspecified atom stereocenters. The van der Waals surface area contributed by atoms with Crippen molar-refractivity contribution in [2.45, 2.75) is 44.7 Å². The van der Waals surface area contributed by atoms with Crippen molar-refractivity contribution < 1.29 is 17.9 Å². The lowest BCUT2D eigenvalue weighted by Gasteiger charge is -2.36. The molecule has 152 valence electrons. The summed E-state index contributed by atoms with van der Waals surface area (Å²) in [7, 11) is -1.98. The van der Waals surface area contributed by atoms with Crippen LogP contribution in [0.2, 0.25) is 0 Å². The lowest BCUT2D eigenvalue weighted by molar-refractivity contribution is -0.136. The fourth-order valence-corrected chi connectivity index (χ4v) is 4.89. The van der Waals surface area contributed by atoms with Crippen molar-refractivity contribution in [3.63, 3.8) is 0 Å². The van der Waals surface area contributed by atoms with Gasteiger partial charge in [0.2, 0.25) is 15.9 Å². The zero-order valence-corrected chi connectivity index (χ0v) is 17.7. The Kier molecular flexibility index (Phi) is 7.25. The molecule has 7 nitrogen and oxygen atoms in total. The summed E-state index contributed by atoms with van der Waals surface area (Å²) in [4.78, 5) is 16.8. The highest BCUT2D eigenvalue weighted by Crippen LogP contribution is 2.20. The maximum absolute atomic E-state index is 12.8. The Morgan fingerprint density at radius 1 is 1.04 bits per heavy atom. The van der Waals surface area contributed by atoms with Crippen LogP contribution in [0, 0.1) is 0 Å². The molecule has 0 saturated carbocycles. The minimum Gasteiger partial charge on any atom is -0.497 e. The molecule has 1 aromatic rings. The van der Waals surface area contributed by atoms with Gasteiger partial charge in [0.25, 0.3) is 0 Å². The van der Waals surface area contributed by atoms with E-state index in [0.29, 0.717) is 38.5 Å². The van der Waals surface area contributed by atoms with E-state index in [0.717, 1.165) is 0 Å².